The summed E-state index contributed by atoms with van der Waals surface area (Å²) >= 11 is 0. The summed E-state index contributed by atoms with van der Waals surface area (Å²) < 4.78 is 6.16. The number of rotatable bonds is 11. The number of methoxy groups -OCH3 is 1. The van der Waals surface area contributed by atoms with E-state index in [9.17, 15) is 0 Å². The number of hydrogen-bond donors (Lipinski definition) is 0. The molecule has 1 nitrogen and oxygen atoms in total. The highest BCUT2D eigenvalue weighted by Gasteiger charge is 2.39. The van der Waals surface area contributed by atoms with Crippen LogP contribution in [0.2, 0.25) is 13.1 Å². The van der Waals surface area contributed by atoms with E-state index < -0.39 is 8.07 Å². The molecular formula is C28H46OSi. The number of aryl methyl sites for hydroxylation is 2. The van der Waals surface area contributed by atoms with Crippen LogP contribution in [-0.2, 0) is 12.8 Å². The van der Waals surface area contributed by atoms with Gasteiger partial charge < -0.3 is 4.74 Å². The zero-order valence-corrected chi connectivity index (χ0v) is 22.3. The largest absolute Gasteiger partial charge is 0.497 e. The van der Waals surface area contributed by atoms with E-state index >= 15 is 0 Å². The molecule has 0 radical (unpaired) electrons. The summed E-state index contributed by atoms with van der Waals surface area (Å²) in [5, 5.41) is 3.23. The summed E-state index contributed by atoms with van der Waals surface area (Å²) in [5.74, 6) is 1.75. The molecule has 0 aliphatic heterocycles. The SMILES string of the molecule is CCCCCc1cc(CCCCC)c(OC)c([Si](C)(C)C2=C(C)C(C)=C(C)C2C)c1. The Morgan fingerprint density at radius 3 is 1.97 bits per heavy atom. The average molecular weight is 427 g/mol. The van der Waals surface area contributed by atoms with Gasteiger partial charge in [0.25, 0.3) is 0 Å². The minimum absolute atomic E-state index is 0.559. The van der Waals surface area contributed by atoms with E-state index in [0.717, 1.165) is 6.42 Å². The molecule has 1 unspecified atom stereocenters. The normalized spacial score (nSPS) is 17.3. The first-order chi connectivity index (χ1) is 14.2. The molecule has 0 N–H and O–H groups in total. The molecule has 1 aromatic rings. The van der Waals surface area contributed by atoms with Gasteiger partial charge in [0.1, 0.15) is 13.8 Å². The van der Waals surface area contributed by atoms with E-state index in [1.807, 2.05) is 7.11 Å². The van der Waals surface area contributed by atoms with Crippen LogP contribution in [0.4, 0.5) is 0 Å². The first-order valence-corrected chi connectivity index (χ1v) is 15.3. The van der Waals surface area contributed by atoms with E-state index in [1.165, 1.54) is 72.6 Å². The van der Waals surface area contributed by atoms with Crippen LogP contribution in [0.5, 0.6) is 5.75 Å². The molecule has 0 amide bonds. The maximum atomic E-state index is 6.16. The summed E-state index contributed by atoms with van der Waals surface area (Å²) in [6.07, 6.45) is 10.0. The second-order valence-corrected chi connectivity index (χ2v) is 14.3. The smallest absolute Gasteiger partial charge is 0.121 e. The molecule has 168 valence electrons. The van der Waals surface area contributed by atoms with Gasteiger partial charge >= 0.3 is 0 Å². The van der Waals surface area contributed by atoms with E-state index in [1.54, 1.807) is 16.3 Å². The number of benzene rings is 1. The molecule has 30 heavy (non-hydrogen) atoms. The zero-order valence-electron chi connectivity index (χ0n) is 21.3. The second-order valence-electron chi connectivity index (χ2n) is 9.94. The second kappa shape index (κ2) is 10.8. The van der Waals surface area contributed by atoms with Crippen LogP contribution in [0.3, 0.4) is 0 Å². The van der Waals surface area contributed by atoms with Gasteiger partial charge in [-0.2, -0.15) is 0 Å². The Balaban J connectivity index is 2.57. The molecule has 0 saturated carbocycles. The molecule has 0 fully saturated rings. The lowest BCUT2D eigenvalue weighted by molar-refractivity contribution is 0.411. The van der Waals surface area contributed by atoms with Gasteiger partial charge in [0, 0.05) is 0 Å². The first kappa shape index (κ1) is 25.0. The molecule has 2 rings (SSSR count). The standard InChI is InChI=1S/C28H46OSi/c1-10-12-14-16-24-18-25(17-15-13-11-2)27(29-7)26(19-24)30(8,9)28-22(5)20(3)21(4)23(28)6/h18-19,22H,10-17H2,1-9H3. The quantitative estimate of drug-likeness (QED) is 0.258. The maximum absolute atomic E-state index is 6.16. The first-order valence-electron chi connectivity index (χ1n) is 12.3. The molecule has 1 aliphatic rings. The molecule has 0 aromatic heterocycles. The fraction of sp³-hybridized carbons (Fsp3) is 0.643. The van der Waals surface area contributed by atoms with Crippen LogP contribution < -0.4 is 9.92 Å². The van der Waals surface area contributed by atoms with E-state index in [-0.39, 0.29) is 0 Å². The number of allylic oxidation sites excluding steroid dienone is 4. The van der Waals surface area contributed by atoms with E-state index in [0.29, 0.717) is 5.92 Å². The molecule has 1 aromatic carbocycles. The van der Waals surface area contributed by atoms with Crippen molar-refractivity contribution in [2.45, 2.75) is 106 Å². The van der Waals surface area contributed by atoms with Crippen LogP contribution in [0.15, 0.2) is 34.0 Å². The highest BCUT2D eigenvalue weighted by molar-refractivity contribution is 6.96. The van der Waals surface area contributed by atoms with Gasteiger partial charge in [0.15, 0.2) is 0 Å². The predicted molar refractivity (Wildman–Crippen MR) is 137 cm³/mol. The summed E-state index contributed by atoms with van der Waals surface area (Å²) in [4.78, 5) is 0. The minimum Gasteiger partial charge on any atom is -0.497 e. The molecule has 0 bridgehead atoms. The predicted octanol–water partition coefficient (Wildman–Crippen LogP) is 7.92. The van der Waals surface area contributed by atoms with Gasteiger partial charge in [-0.25, -0.2) is 0 Å². The number of unbranched alkanes of at least 4 members (excludes halogenated alkanes) is 4. The fourth-order valence-corrected chi connectivity index (χ4v) is 9.54. The molecule has 2 heteroatoms. The fourth-order valence-electron chi connectivity index (χ4n) is 5.45. The van der Waals surface area contributed by atoms with Crippen molar-refractivity contribution in [3.05, 3.63) is 45.2 Å². The van der Waals surface area contributed by atoms with Crippen molar-refractivity contribution in [1.29, 1.82) is 0 Å². The Morgan fingerprint density at radius 1 is 0.867 bits per heavy atom. The molecule has 0 spiro atoms. The molecular weight excluding hydrogens is 380 g/mol. The van der Waals surface area contributed by atoms with Crippen molar-refractivity contribution >= 4 is 13.3 Å². The van der Waals surface area contributed by atoms with E-state index in [4.69, 9.17) is 4.74 Å². The Labute approximate surface area is 188 Å². The van der Waals surface area contributed by atoms with Crippen LogP contribution in [0.1, 0.15) is 91.2 Å². The Bertz CT molecular complexity index is 797. The van der Waals surface area contributed by atoms with Gasteiger partial charge in [-0.1, -0.05) is 88.0 Å². The molecule has 0 saturated heterocycles. The minimum atomic E-state index is -1.87. The van der Waals surface area contributed by atoms with Crippen molar-refractivity contribution in [2.24, 2.45) is 5.92 Å². The van der Waals surface area contributed by atoms with Crippen molar-refractivity contribution < 1.29 is 4.74 Å². The maximum Gasteiger partial charge on any atom is 0.121 e. The Kier molecular flexibility index (Phi) is 9.03. The summed E-state index contributed by atoms with van der Waals surface area (Å²) in [6.45, 7) is 19.1. The van der Waals surface area contributed by atoms with Crippen molar-refractivity contribution in [3.63, 3.8) is 0 Å². The van der Waals surface area contributed by atoms with Gasteiger partial charge in [-0.15, -0.1) is 0 Å². The van der Waals surface area contributed by atoms with Crippen molar-refractivity contribution in [1.82, 2.24) is 0 Å². The average Bonchev–Trinajstić information content (AvgIpc) is 2.91. The van der Waals surface area contributed by atoms with Crippen LogP contribution >= 0.6 is 0 Å². The van der Waals surface area contributed by atoms with Crippen LogP contribution in [0, 0.1) is 5.92 Å². The van der Waals surface area contributed by atoms with Crippen LogP contribution in [0.25, 0.3) is 0 Å². The molecule has 1 aliphatic carbocycles. The summed E-state index contributed by atoms with van der Waals surface area (Å²) in [7, 11) is 0.0198. The highest BCUT2D eigenvalue weighted by Crippen LogP contribution is 2.42. The molecule has 1 atom stereocenters. The lowest BCUT2D eigenvalue weighted by Crippen LogP contribution is -2.47. The topological polar surface area (TPSA) is 9.23 Å². The lowest BCUT2D eigenvalue weighted by atomic mass is 10.00. The van der Waals surface area contributed by atoms with Gasteiger partial charge in [-0.05, 0) is 74.3 Å². The van der Waals surface area contributed by atoms with Crippen molar-refractivity contribution in [2.75, 3.05) is 7.11 Å². The zero-order chi connectivity index (χ0) is 22.5. The number of ether oxygens (including phenoxy) is 1. The van der Waals surface area contributed by atoms with Crippen molar-refractivity contribution in [3.8, 4) is 5.75 Å². The van der Waals surface area contributed by atoms with Gasteiger partial charge in [-0.3, -0.25) is 0 Å². The summed E-state index contributed by atoms with van der Waals surface area (Å²) in [6, 6.07) is 4.99. The van der Waals surface area contributed by atoms with Crippen LogP contribution in [-0.4, -0.2) is 15.2 Å². The third kappa shape index (κ3) is 5.13. The Morgan fingerprint density at radius 2 is 1.47 bits per heavy atom. The number of hydrogen-bond acceptors (Lipinski definition) is 1. The monoisotopic (exact) mass is 426 g/mol. The molecule has 0 heterocycles. The third-order valence-corrected chi connectivity index (χ3v) is 11.4. The summed E-state index contributed by atoms with van der Waals surface area (Å²) in [5.41, 5.74) is 7.59. The Hall–Kier alpha value is -1.28. The highest BCUT2D eigenvalue weighted by atomic mass is 28.3. The third-order valence-electron chi connectivity index (χ3n) is 7.54. The van der Waals surface area contributed by atoms with Gasteiger partial charge in [0.2, 0.25) is 0 Å². The van der Waals surface area contributed by atoms with E-state index in [2.05, 4.69) is 66.8 Å². The van der Waals surface area contributed by atoms with Gasteiger partial charge in [0.05, 0.1) is 7.11 Å². The lowest BCUT2D eigenvalue weighted by Gasteiger charge is -2.33.